The predicted octanol–water partition coefficient (Wildman–Crippen LogP) is 6.10. The van der Waals surface area contributed by atoms with Crippen molar-refractivity contribution in [1.29, 1.82) is 0 Å². The zero-order valence-corrected chi connectivity index (χ0v) is 15.4. The number of benzene rings is 2. The molecule has 0 bridgehead atoms. The van der Waals surface area contributed by atoms with Crippen molar-refractivity contribution in [2.24, 2.45) is 5.92 Å². The van der Waals surface area contributed by atoms with Crippen LogP contribution in [0.2, 0.25) is 10.0 Å². The third-order valence-electron chi connectivity index (χ3n) is 4.56. The minimum absolute atomic E-state index is 0.0547. The van der Waals surface area contributed by atoms with Crippen LogP contribution < -0.4 is 10.1 Å². The second-order valence-electron chi connectivity index (χ2n) is 6.37. The number of carbonyl (C=O) groups excluding carboxylic acids is 1. The van der Waals surface area contributed by atoms with Crippen LogP contribution in [0.1, 0.15) is 42.5 Å². The molecule has 1 N–H and O–H groups in total. The summed E-state index contributed by atoms with van der Waals surface area (Å²) in [6.45, 7) is 0.728. The van der Waals surface area contributed by atoms with Gasteiger partial charge in [0.2, 0.25) is 0 Å². The van der Waals surface area contributed by atoms with Gasteiger partial charge in [0.05, 0.1) is 5.02 Å². The van der Waals surface area contributed by atoms with Crippen LogP contribution in [0, 0.1) is 5.92 Å². The Morgan fingerprint density at radius 2 is 1.88 bits per heavy atom. The van der Waals surface area contributed by atoms with Crippen molar-refractivity contribution < 1.29 is 9.53 Å². The van der Waals surface area contributed by atoms with Gasteiger partial charge in [0.15, 0.2) is 0 Å². The quantitative estimate of drug-likeness (QED) is 0.592. The summed E-state index contributed by atoms with van der Waals surface area (Å²) in [6, 6.07) is 12.2. The first-order valence-electron chi connectivity index (χ1n) is 8.63. The molecule has 25 heavy (non-hydrogen) atoms. The molecular formula is C20H21Cl2NO2. The second kappa shape index (κ2) is 8.59. The highest BCUT2D eigenvalue weighted by molar-refractivity contribution is 6.42. The lowest BCUT2D eigenvalue weighted by molar-refractivity contribution is 0.0951. The van der Waals surface area contributed by atoms with Crippen LogP contribution in [-0.4, -0.2) is 12.5 Å². The van der Waals surface area contributed by atoms with Crippen molar-refractivity contribution in [3.8, 4) is 11.5 Å². The van der Waals surface area contributed by atoms with Crippen LogP contribution >= 0.6 is 23.2 Å². The SMILES string of the molecule is O=C(NCCCC1CCC1)c1ccc(Oc2cccc(Cl)c2Cl)cc1. The molecule has 5 heteroatoms. The van der Waals surface area contributed by atoms with E-state index in [1.807, 2.05) is 0 Å². The lowest BCUT2D eigenvalue weighted by Crippen LogP contribution is -2.25. The van der Waals surface area contributed by atoms with Gasteiger partial charge < -0.3 is 10.1 Å². The molecule has 3 nitrogen and oxygen atoms in total. The summed E-state index contributed by atoms with van der Waals surface area (Å²) < 4.78 is 5.72. The number of rotatable bonds is 7. The van der Waals surface area contributed by atoms with Crippen LogP contribution in [0.3, 0.4) is 0 Å². The molecule has 1 amide bonds. The first kappa shape index (κ1) is 18.1. The van der Waals surface area contributed by atoms with E-state index in [9.17, 15) is 4.79 Å². The molecule has 1 fully saturated rings. The highest BCUT2D eigenvalue weighted by Gasteiger charge is 2.16. The predicted molar refractivity (Wildman–Crippen MR) is 102 cm³/mol. The van der Waals surface area contributed by atoms with E-state index in [2.05, 4.69) is 5.32 Å². The highest BCUT2D eigenvalue weighted by Crippen LogP contribution is 2.34. The van der Waals surface area contributed by atoms with Crippen molar-refractivity contribution in [2.45, 2.75) is 32.1 Å². The van der Waals surface area contributed by atoms with Gasteiger partial charge in [-0.1, -0.05) is 48.5 Å². The Bertz CT molecular complexity index is 727. The average molecular weight is 378 g/mol. The van der Waals surface area contributed by atoms with Gasteiger partial charge in [0, 0.05) is 12.1 Å². The molecule has 0 atom stereocenters. The number of ether oxygens (including phenoxy) is 1. The molecule has 0 aromatic heterocycles. The van der Waals surface area contributed by atoms with Crippen LogP contribution in [0.5, 0.6) is 11.5 Å². The van der Waals surface area contributed by atoms with Gasteiger partial charge in [-0.05, 0) is 55.2 Å². The lowest BCUT2D eigenvalue weighted by atomic mass is 9.82. The van der Waals surface area contributed by atoms with E-state index in [4.69, 9.17) is 27.9 Å². The van der Waals surface area contributed by atoms with Gasteiger partial charge in [-0.3, -0.25) is 4.79 Å². The summed E-state index contributed by atoms with van der Waals surface area (Å²) in [5, 5.41) is 3.78. The molecule has 0 unspecified atom stereocenters. The summed E-state index contributed by atoms with van der Waals surface area (Å²) in [6.07, 6.45) is 6.34. The maximum atomic E-state index is 12.2. The van der Waals surface area contributed by atoms with Crippen LogP contribution in [-0.2, 0) is 0 Å². The van der Waals surface area contributed by atoms with E-state index in [-0.39, 0.29) is 5.91 Å². The normalized spacial score (nSPS) is 14.0. The fraction of sp³-hybridized carbons (Fsp3) is 0.350. The molecule has 0 spiro atoms. The van der Waals surface area contributed by atoms with Crippen molar-refractivity contribution >= 4 is 29.1 Å². The molecular weight excluding hydrogens is 357 g/mol. The molecule has 3 rings (SSSR count). The van der Waals surface area contributed by atoms with Gasteiger partial charge in [0.25, 0.3) is 5.91 Å². The van der Waals surface area contributed by atoms with E-state index in [0.717, 1.165) is 18.9 Å². The van der Waals surface area contributed by atoms with Gasteiger partial charge >= 0.3 is 0 Å². The van der Waals surface area contributed by atoms with Gasteiger partial charge in [-0.25, -0.2) is 0 Å². The Balaban J connectivity index is 1.50. The number of nitrogens with one attached hydrogen (secondary N) is 1. The lowest BCUT2D eigenvalue weighted by Gasteiger charge is -2.25. The third-order valence-corrected chi connectivity index (χ3v) is 5.36. The Kier molecular flexibility index (Phi) is 6.22. The van der Waals surface area contributed by atoms with Crippen molar-refractivity contribution in [2.75, 3.05) is 6.54 Å². The number of halogens is 2. The fourth-order valence-electron chi connectivity index (χ4n) is 2.84. The summed E-state index contributed by atoms with van der Waals surface area (Å²) >= 11 is 12.1. The van der Waals surface area contributed by atoms with Crippen LogP contribution in [0.4, 0.5) is 0 Å². The summed E-state index contributed by atoms with van der Waals surface area (Å²) in [5.74, 6) is 1.92. The summed E-state index contributed by atoms with van der Waals surface area (Å²) in [7, 11) is 0. The second-order valence-corrected chi connectivity index (χ2v) is 7.16. The molecule has 0 radical (unpaired) electrons. The Hall–Kier alpha value is -1.71. The first-order chi connectivity index (χ1) is 12.1. The number of carbonyl (C=O) groups is 1. The smallest absolute Gasteiger partial charge is 0.251 e. The maximum Gasteiger partial charge on any atom is 0.251 e. The standard InChI is InChI=1S/C20H21Cl2NO2/c21-17-7-2-8-18(19(17)22)25-16-11-9-15(10-12-16)20(24)23-13-3-6-14-4-1-5-14/h2,7-12,14H,1,3-6,13H2,(H,23,24). The first-order valence-corrected chi connectivity index (χ1v) is 9.39. The zero-order valence-electron chi connectivity index (χ0n) is 13.9. The van der Waals surface area contributed by atoms with Crippen molar-refractivity contribution in [3.05, 3.63) is 58.1 Å². The topological polar surface area (TPSA) is 38.3 Å². The fourth-order valence-corrected chi connectivity index (χ4v) is 3.17. The minimum atomic E-state index is -0.0547. The Labute approximate surface area is 158 Å². The summed E-state index contributed by atoms with van der Waals surface area (Å²) in [5.41, 5.74) is 0.619. The van der Waals surface area contributed by atoms with Crippen LogP contribution in [0.15, 0.2) is 42.5 Å². The molecule has 2 aromatic rings. The van der Waals surface area contributed by atoms with E-state index in [0.29, 0.717) is 27.1 Å². The molecule has 1 aliphatic carbocycles. The molecule has 0 saturated heterocycles. The molecule has 2 aromatic carbocycles. The molecule has 1 aliphatic rings. The van der Waals surface area contributed by atoms with Crippen molar-refractivity contribution in [1.82, 2.24) is 5.32 Å². The van der Waals surface area contributed by atoms with E-state index in [1.54, 1.807) is 42.5 Å². The van der Waals surface area contributed by atoms with E-state index < -0.39 is 0 Å². The third kappa shape index (κ3) is 4.90. The van der Waals surface area contributed by atoms with Gasteiger partial charge in [-0.15, -0.1) is 0 Å². The molecule has 0 aliphatic heterocycles. The molecule has 132 valence electrons. The Morgan fingerprint density at radius 1 is 1.12 bits per heavy atom. The van der Waals surface area contributed by atoms with Crippen molar-refractivity contribution in [3.63, 3.8) is 0 Å². The van der Waals surface area contributed by atoms with Gasteiger partial charge in [-0.2, -0.15) is 0 Å². The number of hydrogen-bond donors (Lipinski definition) is 1. The Morgan fingerprint density at radius 3 is 2.56 bits per heavy atom. The summed E-state index contributed by atoms with van der Waals surface area (Å²) in [4.78, 5) is 12.2. The molecule has 1 saturated carbocycles. The molecule has 0 heterocycles. The van der Waals surface area contributed by atoms with E-state index >= 15 is 0 Å². The largest absolute Gasteiger partial charge is 0.456 e. The highest BCUT2D eigenvalue weighted by atomic mass is 35.5. The van der Waals surface area contributed by atoms with Gasteiger partial charge in [0.1, 0.15) is 16.5 Å². The minimum Gasteiger partial charge on any atom is -0.456 e. The number of hydrogen-bond acceptors (Lipinski definition) is 2. The monoisotopic (exact) mass is 377 g/mol. The number of amides is 1. The zero-order chi connectivity index (χ0) is 17.6. The average Bonchev–Trinajstić information content (AvgIpc) is 2.57. The maximum absolute atomic E-state index is 12.2. The van der Waals surface area contributed by atoms with Crippen LogP contribution in [0.25, 0.3) is 0 Å². The van der Waals surface area contributed by atoms with E-state index in [1.165, 1.54) is 25.7 Å².